The van der Waals surface area contributed by atoms with Crippen molar-refractivity contribution >= 4 is 6.29 Å². The van der Waals surface area contributed by atoms with Gasteiger partial charge in [0.1, 0.15) is 6.29 Å². The van der Waals surface area contributed by atoms with Gasteiger partial charge in [-0.2, -0.15) is 0 Å². The number of phenolic OH excluding ortho intramolecular Hbond substituents is 3. The molecule has 3 N–H and O–H groups in total. The predicted molar refractivity (Wildman–Crippen MR) is 73.6 cm³/mol. The van der Waals surface area contributed by atoms with Crippen LogP contribution < -0.4 is 0 Å². The third-order valence-corrected chi connectivity index (χ3v) is 3.38. The molecular formula is C15H22O4. The van der Waals surface area contributed by atoms with E-state index in [1.54, 1.807) is 6.07 Å². The quantitative estimate of drug-likeness (QED) is 0.382. The molecule has 1 aromatic rings. The molecule has 0 aliphatic carbocycles. The lowest BCUT2D eigenvalue weighted by Crippen LogP contribution is -2.00. The highest BCUT2D eigenvalue weighted by atomic mass is 16.3. The van der Waals surface area contributed by atoms with E-state index in [0.717, 1.165) is 38.4 Å². The van der Waals surface area contributed by atoms with Crippen LogP contribution in [0.25, 0.3) is 0 Å². The Balaban J connectivity index is 2.89. The Bertz CT molecular complexity index is 415. The van der Waals surface area contributed by atoms with E-state index >= 15 is 0 Å². The van der Waals surface area contributed by atoms with E-state index in [1.807, 2.05) is 0 Å². The van der Waals surface area contributed by atoms with Crippen LogP contribution >= 0.6 is 0 Å². The Morgan fingerprint density at radius 2 is 1.79 bits per heavy atom. The van der Waals surface area contributed by atoms with Crippen LogP contribution in [0.4, 0.5) is 0 Å². The molecule has 1 rings (SSSR count). The number of aromatic hydroxyl groups is 3. The fourth-order valence-corrected chi connectivity index (χ4v) is 2.27. The minimum absolute atomic E-state index is 0.103. The second-order valence-corrected chi connectivity index (χ2v) is 4.81. The summed E-state index contributed by atoms with van der Waals surface area (Å²) in [6.45, 7) is 2.09. The highest BCUT2D eigenvalue weighted by molar-refractivity contribution is 5.54. The molecule has 1 atom stereocenters. The van der Waals surface area contributed by atoms with Gasteiger partial charge in [0, 0.05) is 12.0 Å². The Hall–Kier alpha value is -1.71. The van der Waals surface area contributed by atoms with E-state index < -0.39 is 5.75 Å². The van der Waals surface area contributed by atoms with Gasteiger partial charge in [-0.25, -0.2) is 0 Å². The molecule has 0 aliphatic rings. The van der Waals surface area contributed by atoms with E-state index in [-0.39, 0.29) is 17.4 Å². The number of aldehydes is 1. The van der Waals surface area contributed by atoms with Crippen molar-refractivity contribution in [3.8, 4) is 17.2 Å². The minimum Gasteiger partial charge on any atom is -0.504 e. The summed E-state index contributed by atoms with van der Waals surface area (Å²) in [5.41, 5.74) is 0.648. The summed E-state index contributed by atoms with van der Waals surface area (Å²) >= 11 is 0. The summed E-state index contributed by atoms with van der Waals surface area (Å²) < 4.78 is 0. The van der Waals surface area contributed by atoms with Crippen molar-refractivity contribution in [2.45, 2.75) is 51.4 Å². The molecule has 0 spiro atoms. The molecule has 0 saturated carbocycles. The van der Waals surface area contributed by atoms with Gasteiger partial charge >= 0.3 is 0 Å². The maximum absolute atomic E-state index is 10.4. The third kappa shape index (κ3) is 4.16. The molecule has 0 aromatic heterocycles. The maximum atomic E-state index is 10.4. The zero-order chi connectivity index (χ0) is 14.3. The summed E-state index contributed by atoms with van der Waals surface area (Å²) in [5.74, 6) is -0.920. The van der Waals surface area contributed by atoms with Crippen molar-refractivity contribution in [1.29, 1.82) is 0 Å². The van der Waals surface area contributed by atoms with Gasteiger partial charge in [-0.3, -0.25) is 0 Å². The van der Waals surface area contributed by atoms with Crippen LogP contribution in [0.5, 0.6) is 17.2 Å². The van der Waals surface area contributed by atoms with E-state index in [0.29, 0.717) is 12.0 Å². The first kappa shape index (κ1) is 15.3. The van der Waals surface area contributed by atoms with Crippen LogP contribution in [0, 0.1) is 0 Å². The lowest BCUT2D eigenvalue weighted by atomic mass is 9.88. The molecule has 0 aliphatic heterocycles. The molecule has 1 unspecified atom stereocenters. The van der Waals surface area contributed by atoms with Crippen molar-refractivity contribution in [1.82, 2.24) is 0 Å². The van der Waals surface area contributed by atoms with Gasteiger partial charge in [0.25, 0.3) is 0 Å². The van der Waals surface area contributed by atoms with Crippen molar-refractivity contribution < 1.29 is 20.1 Å². The molecule has 0 radical (unpaired) electrons. The molecule has 0 saturated heterocycles. The van der Waals surface area contributed by atoms with E-state index in [9.17, 15) is 20.1 Å². The SMILES string of the molecule is CCCCC(CCCC=O)c1ccc(O)c(O)c1O. The normalized spacial score (nSPS) is 12.3. The maximum Gasteiger partial charge on any atom is 0.200 e. The van der Waals surface area contributed by atoms with Crippen LogP contribution in [0.15, 0.2) is 12.1 Å². The van der Waals surface area contributed by atoms with Crippen molar-refractivity contribution in [3.63, 3.8) is 0 Å². The highest BCUT2D eigenvalue weighted by Crippen LogP contribution is 2.42. The van der Waals surface area contributed by atoms with E-state index in [4.69, 9.17) is 0 Å². The van der Waals surface area contributed by atoms with Crippen LogP contribution in [0.3, 0.4) is 0 Å². The smallest absolute Gasteiger partial charge is 0.200 e. The fraction of sp³-hybridized carbons (Fsp3) is 0.533. The molecule has 0 amide bonds. The lowest BCUT2D eigenvalue weighted by Gasteiger charge is -2.18. The Morgan fingerprint density at radius 1 is 1.11 bits per heavy atom. The van der Waals surface area contributed by atoms with Gasteiger partial charge in [-0.05, 0) is 31.2 Å². The Kier molecular flexibility index (Phi) is 6.19. The summed E-state index contributed by atoms with van der Waals surface area (Å²) in [5, 5.41) is 28.8. The number of carbonyl (C=O) groups is 1. The van der Waals surface area contributed by atoms with Crippen LogP contribution in [0.1, 0.15) is 56.9 Å². The number of rotatable bonds is 8. The number of phenols is 3. The monoisotopic (exact) mass is 266 g/mol. The van der Waals surface area contributed by atoms with Crippen LogP contribution in [-0.2, 0) is 4.79 Å². The average molecular weight is 266 g/mol. The number of hydrogen-bond donors (Lipinski definition) is 3. The zero-order valence-electron chi connectivity index (χ0n) is 11.3. The van der Waals surface area contributed by atoms with Crippen molar-refractivity contribution in [2.75, 3.05) is 0 Å². The van der Waals surface area contributed by atoms with Gasteiger partial charge in [0.2, 0.25) is 5.75 Å². The lowest BCUT2D eigenvalue weighted by molar-refractivity contribution is -0.107. The van der Waals surface area contributed by atoms with Gasteiger partial charge in [-0.15, -0.1) is 0 Å². The molecule has 0 bridgehead atoms. The molecular weight excluding hydrogens is 244 g/mol. The molecule has 4 heteroatoms. The Morgan fingerprint density at radius 3 is 2.42 bits per heavy atom. The topological polar surface area (TPSA) is 77.8 Å². The molecule has 4 nitrogen and oxygen atoms in total. The average Bonchev–Trinajstić information content (AvgIpc) is 2.41. The number of hydrogen-bond acceptors (Lipinski definition) is 4. The summed E-state index contributed by atoms with van der Waals surface area (Å²) in [7, 11) is 0. The molecule has 19 heavy (non-hydrogen) atoms. The van der Waals surface area contributed by atoms with Crippen LogP contribution in [-0.4, -0.2) is 21.6 Å². The molecule has 0 heterocycles. The summed E-state index contributed by atoms with van der Waals surface area (Å²) in [6, 6.07) is 3.04. The number of unbranched alkanes of at least 4 members (excludes halogenated alkanes) is 2. The zero-order valence-corrected chi connectivity index (χ0v) is 11.3. The molecule has 106 valence electrons. The van der Waals surface area contributed by atoms with E-state index in [1.165, 1.54) is 6.07 Å². The summed E-state index contributed by atoms with van der Waals surface area (Å²) in [4.78, 5) is 10.4. The van der Waals surface area contributed by atoms with Gasteiger partial charge in [0.05, 0.1) is 0 Å². The summed E-state index contributed by atoms with van der Waals surface area (Å²) in [6.07, 6.45) is 5.92. The molecule has 1 aromatic carbocycles. The predicted octanol–water partition coefficient (Wildman–Crippen LogP) is 3.45. The fourth-order valence-electron chi connectivity index (χ4n) is 2.27. The number of benzene rings is 1. The third-order valence-electron chi connectivity index (χ3n) is 3.38. The Labute approximate surface area is 113 Å². The second kappa shape index (κ2) is 7.67. The van der Waals surface area contributed by atoms with Gasteiger partial charge < -0.3 is 20.1 Å². The first-order valence-electron chi connectivity index (χ1n) is 6.79. The first-order chi connectivity index (χ1) is 9.11. The first-order valence-corrected chi connectivity index (χ1v) is 6.79. The van der Waals surface area contributed by atoms with E-state index in [2.05, 4.69) is 6.92 Å². The van der Waals surface area contributed by atoms with Gasteiger partial charge in [0.15, 0.2) is 11.5 Å². The van der Waals surface area contributed by atoms with Gasteiger partial charge in [-0.1, -0.05) is 25.8 Å². The second-order valence-electron chi connectivity index (χ2n) is 4.81. The highest BCUT2D eigenvalue weighted by Gasteiger charge is 2.19. The number of carbonyl (C=O) groups excluding carboxylic acids is 1. The van der Waals surface area contributed by atoms with Crippen molar-refractivity contribution in [3.05, 3.63) is 17.7 Å². The van der Waals surface area contributed by atoms with Crippen molar-refractivity contribution in [2.24, 2.45) is 0 Å². The minimum atomic E-state index is -0.464. The largest absolute Gasteiger partial charge is 0.504 e. The molecule has 0 fully saturated rings. The van der Waals surface area contributed by atoms with Crippen LogP contribution in [0.2, 0.25) is 0 Å². The standard InChI is InChI=1S/C15H22O4/c1-2-3-6-11(7-4-5-10-16)12-8-9-13(17)15(19)14(12)18/h8-11,17-19H,2-7H2,1H3.